The molecule has 0 saturated carbocycles. The molecule has 1 heterocycles. The molecule has 2 amide bonds. The van der Waals surface area contributed by atoms with Crippen LogP contribution in [0.2, 0.25) is 5.02 Å². The van der Waals surface area contributed by atoms with Crippen molar-refractivity contribution < 1.29 is 9.59 Å². The van der Waals surface area contributed by atoms with Gasteiger partial charge in [0.25, 0.3) is 0 Å². The molecule has 1 aliphatic rings. The maximum absolute atomic E-state index is 12.2. The number of rotatable bonds is 6. The minimum Gasteiger partial charge on any atom is -0.350 e. The van der Waals surface area contributed by atoms with Crippen LogP contribution in [0.25, 0.3) is 6.08 Å². The van der Waals surface area contributed by atoms with Crippen LogP contribution in [0, 0.1) is 6.92 Å². The molecule has 1 saturated heterocycles. The summed E-state index contributed by atoms with van der Waals surface area (Å²) in [6.07, 6.45) is 4.97. The summed E-state index contributed by atoms with van der Waals surface area (Å²) in [4.78, 5) is 26.5. The summed E-state index contributed by atoms with van der Waals surface area (Å²) < 4.78 is 0. The van der Waals surface area contributed by atoms with Gasteiger partial charge in [-0.3, -0.25) is 14.5 Å². The molecule has 2 aromatic carbocycles. The van der Waals surface area contributed by atoms with Gasteiger partial charge in [-0.2, -0.15) is 0 Å². The molecule has 2 aromatic rings. The first kappa shape index (κ1) is 21.1. The molecule has 3 rings (SSSR count). The number of nitrogens with one attached hydrogen (secondary N) is 2. The molecule has 0 aromatic heterocycles. The van der Waals surface area contributed by atoms with Gasteiger partial charge in [0.15, 0.2) is 0 Å². The highest BCUT2D eigenvalue weighted by Gasteiger charge is 2.21. The molecule has 0 radical (unpaired) electrons. The quantitative estimate of drug-likeness (QED) is 0.709. The van der Waals surface area contributed by atoms with E-state index in [1.54, 1.807) is 12.2 Å². The van der Waals surface area contributed by atoms with Crippen molar-refractivity contribution >= 4 is 35.2 Å². The lowest BCUT2D eigenvalue weighted by Gasteiger charge is -2.31. The number of amides is 2. The fourth-order valence-corrected chi connectivity index (χ4v) is 3.48. The predicted molar refractivity (Wildman–Crippen MR) is 118 cm³/mol. The highest BCUT2D eigenvalue weighted by atomic mass is 35.5. The summed E-state index contributed by atoms with van der Waals surface area (Å²) in [7, 11) is 0. The first-order chi connectivity index (χ1) is 14.0. The fraction of sp³-hybridized carbons (Fsp3) is 0.304. The fourth-order valence-electron chi connectivity index (χ4n) is 3.29. The van der Waals surface area contributed by atoms with Crippen LogP contribution in [0.3, 0.4) is 0 Å². The zero-order valence-corrected chi connectivity index (χ0v) is 17.3. The summed E-state index contributed by atoms with van der Waals surface area (Å²) in [5, 5.41) is 6.64. The topological polar surface area (TPSA) is 61.4 Å². The van der Waals surface area contributed by atoms with Gasteiger partial charge >= 0.3 is 0 Å². The van der Waals surface area contributed by atoms with Crippen LogP contribution < -0.4 is 10.6 Å². The Hall–Kier alpha value is -2.63. The number of para-hydroxylation sites is 1. The van der Waals surface area contributed by atoms with E-state index in [0.717, 1.165) is 42.7 Å². The Kier molecular flexibility index (Phi) is 7.44. The first-order valence-electron chi connectivity index (χ1n) is 9.81. The van der Waals surface area contributed by atoms with Crippen molar-refractivity contribution in [2.75, 3.05) is 25.0 Å². The summed E-state index contributed by atoms with van der Waals surface area (Å²) in [5.74, 6) is -0.125. The van der Waals surface area contributed by atoms with Gasteiger partial charge < -0.3 is 10.6 Å². The normalized spacial score (nSPS) is 15.4. The van der Waals surface area contributed by atoms with E-state index in [4.69, 9.17) is 11.6 Å². The Bertz CT molecular complexity index is 875. The zero-order valence-electron chi connectivity index (χ0n) is 16.5. The molecule has 0 unspecified atom stereocenters. The van der Waals surface area contributed by atoms with Crippen molar-refractivity contribution in [3.8, 4) is 0 Å². The summed E-state index contributed by atoms with van der Waals surface area (Å²) in [6.45, 7) is 3.87. The number of hydrogen-bond acceptors (Lipinski definition) is 3. The van der Waals surface area contributed by atoms with Gasteiger partial charge in [-0.15, -0.1) is 0 Å². The highest BCUT2D eigenvalue weighted by molar-refractivity contribution is 6.31. The lowest BCUT2D eigenvalue weighted by atomic mass is 10.0. The van der Waals surface area contributed by atoms with E-state index in [0.29, 0.717) is 11.6 Å². The molecule has 0 bridgehead atoms. The number of carbonyl (C=O) groups is 2. The molecule has 29 heavy (non-hydrogen) atoms. The maximum atomic E-state index is 12.2. The molecule has 2 N–H and O–H groups in total. The van der Waals surface area contributed by atoms with E-state index < -0.39 is 0 Å². The molecule has 0 aliphatic carbocycles. The van der Waals surface area contributed by atoms with Gasteiger partial charge in [-0.05, 0) is 55.2 Å². The number of halogens is 1. The van der Waals surface area contributed by atoms with E-state index in [2.05, 4.69) is 15.5 Å². The van der Waals surface area contributed by atoms with Gasteiger partial charge in [0.05, 0.1) is 6.54 Å². The first-order valence-corrected chi connectivity index (χ1v) is 10.2. The third-order valence-electron chi connectivity index (χ3n) is 4.98. The number of likely N-dealkylation sites (tertiary alicyclic amines) is 1. The Balaban J connectivity index is 1.40. The number of benzene rings is 2. The predicted octanol–water partition coefficient (Wildman–Crippen LogP) is 3.88. The van der Waals surface area contributed by atoms with Crippen molar-refractivity contribution in [2.24, 2.45) is 0 Å². The smallest absolute Gasteiger partial charge is 0.244 e. The van der Waals surface area contributed by atoms with Crippen LogP contribution in [0.4, 0.5) is 5.69 Å². The second-order valence-electron chi connectivity index (χ2n) is 7.32. The van der Waals surface area contributed by atoms with Crippen molar-refractivity contribution in [1.82, 2.24) is 10.2 Å². The molecule has 0 spiro atoms. The van der Waals surface area contributed by atoms with Crippen molar-refractivity contribution in [3.05, 3.63) is 70.8 Å². The number of anilines is 1. The van der Waals surface area contributed by atoms with Gasteiger partial charge in [0, 0.05) is 35.9 Å². The largest absolute Gasteiger partial charge is 0.350 e. The molecule has 1 aliphatic heterocycles. The number of nitrogens with zero attached hydrogens (tertiary/aromatic N) is 1. The van der Waals surface area contributed by atoms with Gasteiger partial charge in [0.1, 0.15) is 0 Å². The van der Waals surface area contributed by atoms with Crippen LogP contribution in [0.15, 0.2) is 54.6 Å². The monoisotopic (exact) mass is 411 g/mol. The number of piperidine rings is 1. The standard InChI is InChI=1S/C23H26ClN3O2/c1-17-7-8-18(15-21(17)24)9-10-22(28)25-20-11-13-27(14-12-20)16-23(29)26-19-5-3-2-4-6-19/h2-10,15,20H,11-14,16H2,1H3,(H,25,28)(H,26,29)/b10-9+. The van der Waals surface area contributed by atoms with Crippen LogP contribution >= 0.6 is 11.6 Å². The molecule has 6 heteroatoms. The van der Waals surface area contributed by atoms with Crippen LogP contribution in [0.1, 0.15) is 24.0 Å². The van der Waals surface area contributed by atoms with E-state index >= 15 is 0 Å². The Morgan fingerprint density at radius 2 is 1.86 bits per heavy atom. The molecular formula is C23H26ClN3O2. The molecule has 5 nitrogen and oxygen atoms in total. The van der Waals surface area contributed by atoms with Gasteiger partial charge in [0.2, 0.25) is 11.8 Å². The lowest BCUT2D eigenvalue weighted by Crippen LogP contribution is -2.46. The minimum absolute atomic E-state index is 0.0154. The Labute approximate surface area is 176 Å². The summed E-state index contributed by atoms with van der Waals surface area (Å²) >= 11 is 6.11. The van der Waals surface area contributed by atoms with E-state index in [1.807, 2.05) is 55.5 Å². The average Bonchev–Trinajstić information content (AvgIpc) is 2.71. The lowest BCUT2D eigenvalue weighted by molar-refractivity contribution is -0.119. The number of aryl methyl sites for hydroxylation is 1. The summed E-state index contributed by atoms with van der Waals surface area (Å²) in [5.41, 5.74) is 2.72. The van der Waals surface area contributed by atoms with E-state index in [1.165, 1.54) is 0 Å². The third kappa shape index (κ3) is 6.73. The van der Waals surface area contributed by atoms with Crippen LogP contribution in [-0.4, -0.2) is 42.4 Å². The van der Waals surface area contributed by atoms with Crippen molar-refractivity contribution in [3.63, 3.8) is 0 Å². The number of carbonyl (C=O) groups excluding carboxylic acids is 2. The minimum atomic E-state index is -0.109. The molecule has 0 atom stereocenters. The van der Waals surface area contributed by atoms with Crippen LogP contribution in [0.5, 0.6) is 0 Å². The summed E-state index contributed by atoms with van der Waals surface area (Å²) in [6, 6.07) is 15.3. The van der Waals surface area contributed by atoms with Gasteiger partial charge in [-0.25, -0.2) is 0 Å². The van der Waals surface area contributed by atoms with Crippen LogP contribution in [-0.2, 0) is 9.59 Å². The molecule has 1 fully saturated rings. The Morgan fingerprint density at radius 3 is 2.55 bits per heavy atom. The second-order valence-corrected chi connectivity index (χ2v) is 7.72. The zero-order chi connectivity index (χ0) is 20.6. The maximum Gasteiger partial charge on any atom is 0.244 e. The van der Waals surface area contributed by atoms with Gasteiger partial charge in [-0.1, -0.05) is 41.9 Å². The average molecular weight is 412 g/mol. The number of hydrogen-bond donors (Lipinski definition) is 2. The van der Waals surface area contributed by atoms with E-state index in [9.17, 15) is 9.59 Å². The Morgan fingerprint density at radius 1 is 1.14 bits per heavy atom. The third-order valence-corrected chi connectivity index (χ3v) is 5.39. The SMILES string of the molecule is Cc1ccc(/C=C/C(=O)NC2CCN(CC(=O)Nc3ccccc3)CC2)cc1Cl. The molecule has 152 valence electrons. The highest BCUT2D eigenvalue weighted by Crippen LogP contribution is 2.17. The van der Waals surface area contributed by atoms with Crippen molar-refractivity contribution in [2.45, 2.75) is 25.8 Å². The molecular weight excluding hydrogens is 386 g/mol. The van der Waals surface area contributed by atoms with E-state index in [-0.39, 0.29) is 17.9 Å². The van der Waals surface area contributed by atoms with Crippen molar-refractivity contribution in [1.29, 1.82) is 0 Å². The second kappa shape index (κ2) is 10.2.